The number of carbonyl (C=O) groups excluding carboxylic acids is 2. The summed E-state index contributed by atoms with van der Waals surface area (Å²) in [5.41, 5.74) is 2.49. The first kappa shape index (κ1) is 20.2. The van der Waals surface area contributed by atoms with Gasteiger partial charge in [-0.3, -0.25) is 10.1 Å². The Morgan fingerprint density at radius 2 is 1.62 bits per heavy atom. The van der Waals surface area contributed by atoms with Crippen LogP contribution in [0.1, 0.15) is 10.4 Å². The SMILES string of the molecule is COc1ccc(-c2ccc(NC(=O)NC(=O)c3ccccc3Cl)cc2OC)cc1. The van der Waals surface area contributed by atoms with E-state index in [9.17, 15) is 9.59 Å². The van der Waals surface area contributed by atoms with Gasteiger partial charge < -0.3 is 14.8 Å². The lowest BCUT2D eigenvalue weighted by atomic mass is 10.0. The Morgan fingerprint density at radius 1 is 0.897 bits per heavy atom. The molecule has 0 aliphatic rings. The fourth-order valence-corrected chi connectivity index (χ4v) is 2.98. The summed E-state index contributed by atoms with van der Waals surface area (Å²) in [5, 5.41) is 5.14. The molecule has 2 N–H and O–H groups in total. The summed E-state index contributed by atoms with van der Waals surface area (Å²) in [5.74, 6) is 0.742. The monoisotopic (exact) mass is 410 g/mol. The fourth-order valence-electron chi connectivity index (χ4n) is 2.76. The van der Waals surface area contributed by atoms with Gasteiger partial charge in [0.15, 0.2) is 0 Å². The van der Waals surface area contributed by atoms with Crippen LogP contribution in [0.3, 0.4) is 0 Å². The molecule has 0 aromatic heterocycles. The minimum Gasteiger partial charge on any atom is -0.497 e. The average Bonchev–Trinajstić information content (AvgIpc) is 2.74. The predicted molar refractivity (Wildman–Crippen MR) is 113 cm³/mol. The van der Waals surface area contributed by atoms with Crippen molar-refractivity contribution in [2.24, 2.45) is 0 Å². The number of halogens is 1. The Morgan fingerprint density at radius 3 is 2.28 bits per heavy atom. The van der Waals surface area contributed by atoms with Gasteiger partial charge in [0.05, 0.1) is 24.8 Å². The Hall–Kier alpha value is -3.51. The first-order valence-electron chi connectivity index (χ1n) is 8.71. The van der Waals surface area contributed by atoms with Crippen LogP contribution in [0.4, 0.5) is 10.5 Å². The van der Waals surface area contributed by atoms with Gasteiger partial charge in [-0.2, -0.15) is 0 Å². The predicted octanol–water partition coefficient (Wildman–Crippen LogP) is 4.99. The van der Waals surface area contributed by atoms with Crippen molar-refractivity contribution in [2.45, 2.75) is 0 Å². The number of anilines is 1. The molecule has 0 aliphatic heterocycles. The number of nitrogens with one attached hydrogen (secondary N) is 2. The van der Waals surface area contributed by atoms with E-state index in [1.54, 1.807) is 44.6 Å². The highest BCUT2D eigenvalue weighted by molar-refractivity contribution is 6.34. The van der Waals surface area contributed by atoms with Gasteiger partial charge in [-0.1, -0.05) is 35.9 Å². The molecule has 0 bridgehead atoms. The molecule has 3 amide bonds. The van der Waals surface area contributed by atoms with Crippen molar-refractivity contribution in [3.63, 3.8) is 0 Å². The van der Waals surface area contributed by atoms with Crippen molar-refractivity contribution in [3.8, 4) is 22.6 Å². The highest BCUT2D eigenvalue weighted by atomic mass is 35.5. The molecule has 7 heteroatoms. The van der Waals surface area contributed by atoms with Crippen LogP contribution < -0.4 is 20.1 Å². The summed E-state index contributed by atoms with van der Waals surface area (Å²) in [7, 11) is 3.16. The summed E-state index contributed by atoms with van der Waals surface area (Å²) in [4.78, 5) is 24.4. The van der Waals surface area contributed by atoms with Crippen molar-refractivity contribution in [1.82, 2.24) is 5.32 Å². The minimum absolute atomic E-state index is 0.219. The zero-order chi connectivity index (χ0) is 20.8. The Bertz CT molecular complexity index is 1040. The van der Waals surface area contributed by atoms with Gasteiger partial charge in [0.2, 0.25) is 0 Å². The molecule has 0 spiro atoms. The van der Waals surface area contributed by atoms with Gasteiger partial charge in [0, 0.05) is 17.3 Å². The third-order valence-corrected chi connectivity index (χ3v) is 4.54. The number of methoxy groups -OCH3 is 2. The molecule has 0 saturated heterocycles. The Balaban J connectivity index is 1.73. The van der Waals surface area contributed by atoms with Gasteiger partial charge in [-0.15, -0.1) is 0 Å². The van der Waals surface area contributed by atoms with Gasteiger partial charge in [0.25, 0.3) is 5.91 Å². The van der Waals surface area contributed by atoms with Crippen LogP contribution in [0.2, 0.25) is 5.02 Å². The molecule has 3 aromatic rings. The topological polar surface area (TPSA) is 76.7 Å². The number of carbonyl (C=O) groups is 2. The summed E-state index contributed by atoms with van der Waals surface area (Å²) in [6, 6.07) is 18.6. The van der Waals surface area contributed by atoms with Crippen molar-refractivity contribution in [3.05, 3.63) is 77.3 Å². The van der Waals surface area contributed by atoms with E-state index >= 15 is 0 Å². The largest absolute Gasteiger partial charge is 0.497 e. The summed E-state index contributed by atoms with van der Waals surface area (Å²) < 4.78 is 10.6. The molecule has 148 valence electrons. The molecule has 0 atom stereocenters. The smallest absolute Gasteiger partial charge is 0.326 e. The lowest BCUT2D eigenvalue weighted by Gasteiger charge is -2.13. The Labute approximate surface area is 173 Å². The fraction of sp³-hybridized carbons (Fsp3) is 0.0909. The molecule has 3 rings (SSSR count). The van der Waals surface area contributed by atoms with E-state index < -0.39 is 11.9 Å². The quantitative estimate of drug-likeness (QED) is 0.621. The van der Waals surface area contributed by atoms with E-state index in [0.29, 0.717) is 11.4 Å². The molecule has 0 fully saturated rings. The second kappa shape index (κ2) is 9.12. The standard InChI is InChI=1S/C22H19ClN2O4/c1-28-16-10-7-14(8-11-16)17-12-9-15(13-20(17)29-2)24-22(27)25-21(26)18-5-3-4-6-19(18)23/h3-13H,1-2H3,(H2,24,25,26,27). The highest BCUT2D eigenvalue weighted by Crippen LogP contribution is 2.33. The molecule has 0 radical (unpaired) electrons. The van der Waals surface area contributed by atoms with Crippen LogP contribution in [-0.2, 0) is 0 Å². The zero-order valence-electron chi connectivity index (χ0n) is 15.9. The number of imide groups is 1. The lowest BCUT2D eigenvalue weighted by Crippen LogP contribution is -2.34. The average molecular weight is 411 g/mol. The van der Waals surface area contributed by atoms with E-state index in [1.165, 1.54) is 6.07 Å². The molecule has 0 saturated carbocycles. The van der Waals surface area contributed by atoms with Crippen molar-refractivity contribution >= 4 is 29.2 Å². The van der Waals surface area contributed by atoms with Crippen molar-refractivity contribution < 1.29 is 19.1 Å². The van der Waals surface area contributed by atoms with Gasteiger partial charge in [-0.25, -0.2) is 4.79 Å². The zero-order valence-corrected chi connectivity index (χ0v) is 16.6. The molecule has 0 aliphatic carbocycles. The maximum Gasteiger partial charge on any atom is 0.326 e. The molecule has 0 unspecified atom stereocenters. The van der Waals surface area contributed by atoms with Crippen LogP contribution in [-0.4, -0.2) is 26.2 Å². The molecule has 3 aromatic carbocycles. The van der Waals surface area contributed by atoms with Crippen LogP contribution in [0.15, 0.2) is 66.7 Å². The lowest BCUT2D eigenvalue weighted by molar-refractivity contribution is 0.0967. The van der Waals surface area contributed by atoms with E-state index in [4.69, 9.17) is 21.1 Å². The minimum atomic E-state index is -0.672. The van der Waals surface area contributed by atoms with E-state index in [1.807, 2.05) is 30.3 Å². The Kier molecular flexibility index (Phi) is 6.36. The van der Waals surface area contributed by atoms with Gasteiger partial charge in [0.1, 0.15) is 11.5 Å². The van der Waals surface area contributed by atoms with E-state index in [2.05, 4.69) is 10.6 Å². The van der Waals surface area contributed by atoms with Crippen LogP contribution in [0, 0.1) is 0 Å². The van der Waals surface area contributed by atoms with Crippen LogP contribution in [0.25, 0.3) is 11.1 Å². The number of hydrogen-bond acceptors (Lipinski definition) is 4. The molecular weight excluding hydrogens is 392 g/mol. The second-order valence-electron chi connectivity index (χ2n) is 6.03. The number of urea groups is 1. The summed E-state index contributed by atoms with van der Waals surface area (Å²) in [6.07, 6.45) is 0. The maximum atomic E-state index is 12.2. The molecule has 6 nitrogen and oxygen atoms in total. The van der Waals surface area contributed by atoms with Crippen LogP contribution >= 0.6 is 11.6 Å². The first-order valence-corrected chi connectivity index (χ1v) is 9.09. The number of amides is 3. The third-order valence-electron chi connectivity index (χ3n) is 4.21. The number of benzene rings is 3. The van der Waals surface area contributed by atoms with Crippen molar-refractivity contribution in [2.75, 3.05) is 19.5 Å². The number of rotatable bonds is 5. The van der Waals surface area contributed by atoms with Crippen molar-refractivity contribution in [1.29, 1.82) is 0 Å². The summed E-state index contributed by atoms with van der Waals surface area (Å²) in [6.45, 7) is 0. The van der Waals surface area contributed by atoms with Gasteiger partial charge in [-0.05, 0) is 42.0 Å². The normalized spacial score (nSPS) is 10.2. The molecular formula is C22H19ClN2O4. The van der Waals surface area contributed by atoms with E-state index in [0.717, 1.165) is 16.9 Å². The highest BCUT2D eigenvalue weighted by Gasteiger charge is 2.14. The molecule has 29 heavy (non-hydrogen) atoms. The maximum absolute atomic E-state index is 12.2. The number of ether oxygens (including phenoxy) is 2. The van der Waals surface area contributed by atoms with Crippen LogP contribution in [0.5, 0.6) is 11.5 Å². The molecule has 0 heterocycles. The number of hydrogen-bond donors (Lipinski definition) is 2. The second-order valence-corrected chi connectivity index (χ2v) is 6.44. The van der Waals surface area contributed by atoms with E-state index in [-0.39, 0.29) is 10.6 Å². The first-order chi connectivity index (χ1) is 14.0. The van der Waals surface area contributed by atoms with Gasteiger partial charge >= 0.3 is 6.03 Å². The third kappa shape index (κ3) is 4.86. The summed E-state index contributed by atoms with van der Waals surface area (Å²) >= 11 is 5.98.